The molecule has 0 saturated heterocycles. The summed E-state index contributed by atoms with van der Waals surface area (Å²) in [5.74, 6) is 0. The molecule has 2 nitrogen and oxygen atoms in total. The van der Waals surface area contributed by atoms with Crippen LogP contribution in [0.1, 0.15) is 13.8 Å². The number of hydrogen-bond acceptors (Lipinski definition) is 2. The second-order valence-electron chi connectivity index (χ2n) is 1.64. The van der Waals surface area contributed by atoms with Crippen molar-refractivity contribution in [3.05, 3.63) is 6.61 Å². The maximum absolute atomic E-state index is 5.03. The third-order valence-corrected chi connectivity index (χ3v) is 0.770. The maximum Gasteiger partial charge on any atom is 0.0810 e. The van der Waals surface area contributed by atoms with Crippen LogP contribution in [0.4, 0.5) is 0 Å². The molecule has 1 unspecified atom stereocenters. The first-order valence-electron chi connectivity index (χ1n) is 2.73. The Morgan fingerprint density at radius 3 is 2.62 bits per heavy atom. The summed E-state index contributed by atoms with van der Waals surface area (Å²) in [5, 5.41) is 0. The van der Waals surface area contributed by atoms with E-state index in [-0.39, 0.29) is 6.10 Å². The lowest BCUT2D eigenvalue weighted by Gasteiger charge is -2.07. The Bertz CT molecular complexity index is 39.8. The minimum absolute atomic E-state index is 0.185. The van der Waals surface area contributed by atoms with Gasteiger partial charge in [-0.25, -0.2) is 0 Å². The zero-order chi connectivity index (χ0) is 6.41. The van der Waals surface area contributed by atoms with Gasteiger partial charge in [0.1, 0.15) is 0 Å². The van der Waals surface area contributed by atoms with E-state index in [4.69, 9.17) is 9.47 Å². The smallest absolute Gasteiger partial charge is 0.0810 e. The molecule has 0 N–H and O–H groups in total. The molecule has 0 heterocycles. The molecule has 0 aromatic rings. The van der Waals surface area contributed by atoms with E-state index in [9.17, 15) is 0 Å². The molecule has 0 amide bonds. The van der Waals surface area contributed by atoms with Gasteiger partial charge in [-0.15, -0.1) is 0 Å². The van der Waals surface area contributed by atoms with Crippen molar-refractivity contribution in [1.82, 2.24) is 0 Å². The molecule has 0 bridgehead atoms. The molecule has 2 heteroatoms. The Balaban J connectivity index is 2.92. The molecule has 1 radical (unpaired) electrons. The molecule has 49 valence electrons. The van der Waals surface area contributed by atoms with Crippen LogP contribution in [0.25, 0.3) is 0 Å². The predicted octanol–water partition coefficient (Wildman–Crippen LogP) is 1.22. The van der Waals surface area contributed by atoms with Gasteiger partial charge in [0.2, 0.25) is 0 Å². The molecular formula is C6H13O2. The van der Waals surface area contributed by atoms with Crippen LogP contribution in [0.3, 0.4) is 0 Å². The third-order valence-electron chi connectivity index (χ3n) is 0.770. The third kappa shape index (κ3) is 4.09. The maximum atomic E-state index is 5.03. The molecule has 0 aliphatic carbocycles. The molecule has 0 aromatic heterocycles. The molecular weight excluding hydrogens is 104 g/mol. The molecule has 8 heavy (non-hydrogen) atoms. The average Bonchev–Trinajstić information content (AvgIpc) is 1.68. The van der Waals surface area contributed by atoms with E-state index in [1.165, 1.54) is 0 Å². The second-order valence-corrected chi connectivity index (χ2v) is 1.64. The van der Waals surface area contributed by atoms with E-state index in [0.717, 1.165) is 0 Å². The van der Waals surface area contributed by atoms with E-state index in [1.54, 1.807) is 13.7 Å². The average molecular weight is 117 g/mol. The molecule has 0 rings (SSSR count). The van der Waals surface area contributed by atoms with Crippen molar-refractivity contribution in [2.24, 2.45) is 0 Å². The number of rotatable bonds is 4. The summed E-state index contributed by atoms with van der Waals surface area (Å²) in [4.78, 5) is 0. The Morgan fingerprint density at radius 2 is 2.25 bits per heavy atom. The number of methoxy groups -OCH3 is 1. The zero-order valence-electron chi connectivity index (χ0n) is 5.68. The van der Waals surface area contributed by atoms with Gasteiger partial charge in [0.05, 0.1) is 19.3 Å². The van der Waals surface area contributed by atoms with E-state index in [0.29, 0.717) is 6.61 Å². The van der Waals surface area contributed by atoms with Gasteiger partial charge >= 0.3 is 0 Å². The molecule has 0 fully saturated rings. The van der Waals surface area contributed by atoms with Crippen LogP contribution in [0.15, 0.2) is 0 Å². The van der Waals surface area contributed by atoms with Crippen molar-refractivity contribution >= 4 is 0 Å². The van der Waals surface area contributed by atoms with Gasteiger partial charge < -0.3 is 9.47 Å². The number of hydrogen-bond donors (Lipinski definition) is 0. The van der Waals surface area contributed by atoms with Crippen LogP contribution in [0.5, 0.6) is 0 Å². The topological polar surface area (TPSA) is 18.5 Å². The SMILES string of the molecule is C[CH]OC(C)COC. The van der Waals surface area contributed by atoms with Crippen LogP contribution >= 0.6 is 0 Å². The van der Waals surface area contributed by atoms with Crippen molar-refractivity contribution in [1.29, 1.82) is 0 Å². The highest BCUT2D eigenvalue weighted by Gasteiger charge is 1.96. The summed E-state index contributed by atoms with van der Waals surface area (Å²) < 4.78 is 9.84. The summed E-state index contributed by atoms with van der Waals surface area (Å²) in [5.41, 5.74) is 0. The normalized spacial score (nSPS) is 13.9. The van der Waals surface area contributed by atoms with Gasteiger partial charge in [0, 0.05) is 7.11 Å². The minimum atomic E-state index is 0.185. The predicted molar refractivity (Wildman–Crippen MR) is 32.4 cm³/mol. The lowest BCUT2D eigenvalue weighted by Crippen LogP contribution is -2.12. The number of ether oxygens (including phenoxy) is 2. The Morgan fingerprint density at radius 1 is 1.62 bits per heavy atom. The van der Waals surface area contributed by atoms with Crippen LogP contribution in [-0.2, 0) is 9.47 Å². The summed E-state index contributed by atoms with van der Waals surface area (Å²) in [6, 6.07) is 0. The first kappa shape index (κ1) is 7.92. The van der Waals surface area contributed by atoms with E-state index < -0.39 is 0 Å². The standard InChI is InChI=1S/C6H13O2/c1-4-8-6(2)5-7-3/h4,6H,5H2,1-3H3. The molecule has 0 aliphatic heterocycles. The molecule has 1 atom stereocenters. The molecule has 0 aliphatic rings. The van der Waals surface area contributed by atoms with Crippen LogP contribution in [0.2, 0.25) is 0 Å². The zero-order valence-corrected chi connectivity index (χ0v) is 5.68. The summed E-state index contributed by atoms with van der Waals surface area (Å²) in [6.45, 7) is 6.14. The summed E-state index contributed by atoms with van der Waals surface area (Å²) in [6.07, 6.45) is 0.185. The van der Waals surface area contributed by atoms with Gasteiger partial charge in [0.25, 0.3) is 0 Å². The van der Waals surface area contributed by atoms with Gasteiger partial charge in [0.15, 0.2) is 0 Å². The first-order valence-corrected chi connectivity index (χ1v) is 2.73. The van der Waals surface area contributed by atoms with Crippen molar-refractivity contribution in [3.8, 4) is 0 Å². The fourth-order valence-electron chi connectivity index (χ4n) is 0.506. The van der Waals surface area contributed by atoms with E-state index >= 15 is 0 Å². The highest BCUT2D eigenvalue weighted by Crippen LogP contribution is 1.91. The van der Waals surface area contributed by atoms with Crippen LogP contribution in [0, 0.1) is 6.61 Å². The lowest BCUT2D eigenvalue weighted by atomic mass is 10.4. The Hall–Kier alpha value is -0.0800. The van der Waals surface area contributed by atoms with Crippen LogP contribution in [-0.4, -0.2) is 19.8 Å². The molecule has 0 aromatic carbocycles. The van der Waals surface area contributed by atoms with Crippen molar-refractivity contribution < 1.29 is 9.47 Å². The highest BCUT2D eigenvalue weighted by atomic mass is 16.5. The molecule has 0 spiro atoms. The monoisotopic (exact) mass is 117 g/mol. The fraction of sp³-hybridized carbons (Fsp3) is 0.833. The largest absolute Gasteiger partial charge is 0.382 e. The highest BCUT2D eigenvalue weighted by molar-refractivity contribution is 4.48. The van der Waals surface area contributed by atoms with Gasteiger partial charge in [-0.3, -0.25) is 0 Å². The van der Waals surface area contributed by atoms with Crippen LogP contribution < -0.4 is 0 Å². The van der Waals surface area contributed by atoms with Gasteiger partial charge in [-0.2, -0.15) is 0 Å². The summed E-state index contributed by atoms with van der Waals surface area (Å²) in [7, 11) is 1.66. The van der Waals surface area contributed by atoms with Crippen molar-refractivity contribution in [3.63, 3.8) is 0 Å². The fourth-order valence-corrected chi connectivity index (χ4v) is 0.506. The van der Waals surface area contributed by atoms with E-state index in [2.05, 4.69) is 0 Å². The lowest BCUT2D eigenvalue weighted by molar-refractivity contribution is 0.0442. The Labute approximate surface area is 50.8 Å². The minimum Gasteiger partial charge on any atom is -0.382 e. The first-order chi connectivity index (χ1) is 3.81. The summed E-state index contributed by atoms with van der Waals surface area (Å²) >= 11 is 0. The van der Waals surface area contributed by atoms with Gasteiger partial charge in [-0.1, -0.05) is 0 Å². The van der Waals surface area contributed by atoms with E-state index in [1.807, 2.05) is 13.8 Å². The second kappa shape index (κ2) is 5.06. The quantitative estimate of drug-likeness (QED) is 0.551. The van der Waals surface area contributed by atoms with Crippen molar-refractivity contribution in [2.75, 3.05) is 13.7 Å². The Kier molecular flexibility index (Phi) is 5.01. The van der Waals surface area contributed by atoms with Crippen molar-refractivity contribution in [2.45, 2.75) is 20.0 Å². The van der Waals surface area contributed by atoms with Gasteiger partial charge in [-0.05, 0) is 13.8 Å². The molecule has 0 saturated carbocycles.